The lowest BCUT2D eigenvalue weighted by Crippen LogP contribution is -2.30. The second-order valence-electron chi connectivity index (χ2n) is 6.76. The fourth-order valence-corrected chi connectivity index (χ4v) is 2.94. The number of hydrogen-bond acceptors (Lipinski definition) is 6. The van der Waals surface area contributed by atoms with Gasteiger partial charge < -0.3 is 24.8 Å². The number of amides is 2. The number of hydrogen-bond donors (Lipinski definition) is 2. The zero-order chi connectivity index (χ0) is 21.3. The molecule has 8 heteroatoms. The Labute approximate surface area is 174 Å². The molecule has 0 aliphatic carbocycles. The van der Waals surface area contributed by atoms with Gasteiger partial charge in [-0.3, -0.25) is 14.4 Å². The summed E-state index contributed by atoms with van der Waals surface area (Å²) in [4.78, 5) is 35.7. The molecule has 3 rings (SSSR count). The number of nitrogens with one attached hydrogen (secondary N) is 2. The van der Waals surface area contributed by atoms with Crippen molar-refractivity contribution in [1.82, 2.24) is 5.32 Å². The van der Waals surface area contributed by atoms with Crippen LogP contribution in [0.5, 0.6) is 5.75 Å². The molecule has 8 nitrogen and oxygen atoms in total. The summed E-state index contributed by atoms with van der Waals surface area (Å²) in [6, 6.07) is 13.3. The van der Waals surface area contributed by atoms with E-state index in [4.69, 9.17) is 9.47 Å². The minimum absolute atomic E-state index is 0.130. The summed E-state index contributed by atoms with van der Waals surface area (Å²) in [6.07, 6.45) is 2.19. The lowest BCUT2D eigenvalue weighted by molar-refractivity contribution is -0.139. The molecular weight excluding hydrogens is 388 g/mol. The Kier molecular flexibility index (Phi) is 7.40. The van der Waals surface area contributed by atoms with Crippen molar-refractivity contribution < 1.29 is 28.6 Å². The minimum Gasteiger partial charge on any atom is -0.491 e. The molecule has 0 saturated carbocycles. The first-order valence-corrected chi connectivity index (χ1v) is 9.66. The molecule has 1 unspecified atom stereocenters. The minimum atomic E-state index is -0.545. The summed E-state index contributed by atoms with van der Waals surface area (Å²) in [7, 11) is 1.24. The maximum absolute atomic E-state index is 12.5. The van der Waals surface area contributed by atoms with Crippen molar-refractivity contribution in [3.8, 4) is 5.75 Å². The van der Waals surface area contributed by atoms with Crippen molar-refractivity contribution in [2.24, 2.45) is 0 Å². The van der Waals surface area contributed by atoms with Gasteiger partial charge >= 0.3 is 5.97 Å². The summed E-state index contributed by atoms with van der Waals surface area (Å²) < 4.78 is 15.7. The summed E-state index contributed by atoms with van der Waals surface area (Å²) >= 11 is 0. The highest BCUT2D eigenvalue weighted by Crippen LogP contribution is 2.18. The molecule has 1 aliphatic heterocycles. The molecule has 30 heavy (non-hydrogen) atoms. The highest BCUT2D eigenvalue weighted by molar-refractivity contribution is 6.05. The smallest absolute Gasteiger partial charge is 0.325 e. The van der Waals surface area contributed by atoms with Crippen molar-refractivity contribution in [2.75, 3.05) is 32.2 Å². The Morgan fingerprint density at radius 1 is 1.07 bits per heavy atom. The summed E-state index contributed by atoms with van der Waals surface area (Å²) in [5.41, 5.74) is 1.24. The third-order valence-electron chi connectivity index (χ3n) is 4.58. The van der Waals surface area contributed by atoms with E-state index in [-0.39, 0.29) is 18.6 Å². The molecule has 2 aromatic carbocycles. The highest BCUT2D eigenvalue weighted by Gasteiger charge is 2.16. The lowest BCUT2D eigenvalue weighted by atomic mass is 10.1. The number of rotatable bonds is 8. The second-order valence-corrected chi connectivity index (χ2v) is 6.76. The standard InChI is InChI=1S/C22H24N2O6/c1-28-20(25)13-23-21(26)16-4-2-5-17(12-16)24-22(27)15-7-9-18(10-8-15)30-14-19-6-3-11-29-19/h2,4-5,7-10,12,19H,3,6,11,13-14H2,1H3,(H,23,26)(H,24,27). The fourth-order valence-electron chi connectivity index (χ4n) is 2.94. The zero-order valence-corrected chi connectivity index (χ0v) is 16.7. The van der Waals surface area contributed by atoms with Gasteiger partial charge in [0.05, 0.1) is 13.2 Å². The van der Waals surface area contributed by atoms with Crippen molar-refractivity contribution >= 4 is 23.5 Å². The molecule has 2 amide bonds. The summed E-state index contributed by atoms with van der Waals surface area (Å²) in [5.74, 6) is -0.626. The molecule has 2 aromatic rings. The van der Waals surface area contributed by atoms with Gasteiger partial charge in [-0.05, 0) is 55.3 Å². The van der Waals surface area contributed by atoms with E-state index in [1.165, 1.54) is 13.2 Å². The predicted molar refractivity (Wildman–Crippen MR) is 110 cm³/mol. The van der Waals surface area contributed by atoms with Crippen LogP contribution in [0.4, 0.5) is 5.69 Å². The average Bonchev–Trinajstić information content (AvgIpc) is 3.30. The van der Waals surface area contributed by atoms with Gasteiger partial charge in [-0.25, -0.2) is 0 Å². The van der Waals surface area contributed by atoms with E-state index in [1.807, 2.05) is 0 Å². The molecular formula is C22H24N2O6. The van der Waals surface area contributed by atoms with Crippen LogP contribution in [-0.4, -0.2) is 50.8 Å². The maximum Gasteiger partial charge on any atom is 0.325 e. The second kappa shape index (κ2) is 10.4. The lowest BCUT2D eigenvalue weighted by Gasteiger charge is -2.12. The third-order valence-corrected chi connectivity index (χ3v) is 4.58. The van der Waals surface area contributed by atoms with Crippen LogP contribution in [0.1, 0.15) is 33.6 Å². The third kappa shape index (κ3) is 6.05. The molecule has 1 atom stereocenters. The Morgan fingerprint density at radius 3 is 2.57 bits per heavy atom. The van der Waals surface area contributed by atoms with E-state index in [1.54, 1.807) is 42.5 Å². The van der Waals surface area contributed by atoms with E-state index >= 15 is 0 Å². The highest BCUT2D eigenvalue weighted by atomic mass is 16.5. The molecule has 1 fully saturated rings. The molecule has 1 heterocycles. The number of benzene rings is 2. The Bertz CT molecular complexity index is 891. The summed E-state index contributed by atoms with van der Waals surface area (Å²) in [5, 5.41) is 5.21. The van der Waals surface area contributed by atoms with Crippen LogP contribution < -0.4 is 15.4 Å². The van der Waals surface area contributed by atoms with Crippen LogP contribution in [0.2, 0.25) is 0 Å². The zero-order valence-electron chi connectivity index (χ0n) is 16.7. The summed E-state index contributed by atoms with van der Waals surface area (Å²) in [6.45, 7) is 1.05. The van der Waals surface area contributed by atoms with E-state index in [0.29, 0.717) is 29.2 Å². The van der Waals surface area contributed by atoms with E-state index in [2.05, 4.69) is 15.4 Å². The van der Waals surface area contributed by atoms with E-state index in [0.717, 1.165) is 19.4 Å². The molecule has 0 spiro atoms. The monoisotopic (exact) mass is 412 g/mol. The molecule has 2 N–H and O–H groups in total. The topological polar surface area (TPSA) is 103 Å². The number of anilines is 1. The normalized spacial score (nSPS) is 15.3. The van der Waals surface area contributed by atoms with Crippen LogP contribution in [-0.2, 0) is 14.3 Å². The van der Waals surface area contributed by atoms with Crippen LogP contribution >= 0.6 is 0 Å². The van der Waals surface area contributed by atoms with Gasteiger partial charge in [-0.1, -0.05) is 6.07 Å². The first-order chi connectivity index (χ1) is 14.5. The fraction of sp³-hybridized carbons (Fsp3) is 0.318. The number of esters is 1. The maximum atomic E-state index is 12.5. The Balaban J connectivity index is 1.54. The van der Waals surface area contributed by atoms with Crippen LogP contribution in [0.3, 0.4) is 0 Å². The first-order valence-electron chi connectivity index (χ1n) is 9.66. The molecule has 1 saturated heterocycles. The van der Waals surface area contributed by atoms with Crippen LogP contribution in [0.15, 0.2) is 48.5 Å². The Hall–Kier alpha value is -3.39. The predicted octanol–water partition coefficient (Wildman–Crippen LogP) is 2.40. The van der Waals surface area contributed by atoms with Gasteiger partial charge in [0, 0.05) is 23.4 Å². The number of ether oxygens (including phenoxy) is 3. The van der Waals surface area contributed by atoms with Gasteiger partial charge in [-0.15, -0.1) is 0 Å². The van der Waals surface area contributed by atoms with Crippen molar-refractivity contribution in [3.63, 3.8) is 0 Å². The largest absolute Gasteiger partial charge is 0.491 e. The van der Waals surface area contributed by atoms with Crippen molar-refractivity contribution in [2.45, 2.75) is 18.9 Å². The first kappa shape index (κ1) is 21.3. The van der Waals surface area contributed by atoms with Gasteiger partial charge in [0.15, 0.2) is 0 Å². The quantitative estimate of drug-likeness (QED) is 0.646. The number of carbonyl (C=O) groups is 3. The number of methoxy groups -OCH3 is 1. The molecule has 1 aliphatic rings. The molecule has 158 valence electrons. The van der Waals surface area contributed by atoms with Gasteiger partial charge in [-0.2, -0.15) is 0 Å². The average molecular weight is 412 g/mol. The van der Waals surface area contributed by atoms with Gasteiger partial charge in [0.1, 0.15) is 18.9 Å². The van der Waals surface area contributed by atoms with Crippen LogP contribution in [0.25, 0.3) is 0 Å². The Morgan fingerprint density at radius 2 is 1.87 bits per heavy atom. The van der Waals surface area contributed by atoms with Gasteiger partial charge in [0.2, 0.25) is 0 Å². The van der Waals surface area contributed by atoms with Crippen LogP contribution in [0, 0.1) is 0 Å². The molecule has 0 radical (unpaired) electrons. The van der Waals surface area contributed by atoms with E-state index < -0.39 is 11.9 Å². The van der Waals surface area contributed by atoms with Crippen molar-refractivity contribution in [1.29, 1.82) is 0 Å². The molecule has 0 bridgehead atoms. The van der Waals surface area contributed by atoms with Gasteiger partial charge in [0.25, 0.3) is 11.8 Å². The van der Waals surface area contributed by atoms with Crippen molar-refractivity contribution in [3.05, 3.63) is 59.7 Å². The molecule has 0 aromatic heterocycles. The number of carbonyl (C=O) groups excluding carboxylic acids is 3. The van der Waals surface area contributed by atoms with E-state index in [9.17, 15) is 14.4 Å². The SMILES string of the molecule is COC(=O)CNC(=O)c1cccc(NC(=O)c2ccc(OCC3CCCO3)cc2)c1.